The number of rotatable bonds is 5. The number of para-hydroxylation sites is 1. The number of carbonyl (C=O) groups is 1. The molecule has 2 fully saturated rings. The molecule has 3 heterocycles. The summed E-state index contributed by atoms with van der Waals surface area (Å²) >= 11 is 0. The molecule has 0 aliphatic carbocycles. The van der Waals surface area contributed by atoms with Crippen LogP contribution in [0.5, 0.6) is 11.5 Å². The molecule has 1 unspecified atom stereocenters. The zero-order valence-corrected chi connectivity index (χ0v) is 19.6. The molecule has 0 bridgehead atoms. The van der Waals surface area contributed by atoms with Crippen molar-refractivity contribution in [3.63, 3.8) is 0 Å². The highest BCUT2D eigenvalue weighted by atomic mass is 16.6. The summed E-state index contributed by atoms with van der Waals surface area (Å²) in [5, 5.41) is 13.9. The van der Waals surface area contributed by atoms with Gasteiger partial charge in [-0.3, -0.25) is 4.79 Å². The predicted octanol–water partition coefficient (Wildman–Crippen LogP) is 2.74. The fourth-order valence-electron chi connectivity index (χ4n) is 5.17. The molecule has 0 aromatic heterocycles. The first-order chi connectivity index (χ1) is 16.6. The van der Waals surface area contributed by atoms with Gasteiger partial charge in [0.15, 0.2) is 0 Å². The van der Waals surface area contributed by atoms with Crippen molar-refractivity contribution in [2.24, 2.45) is 0 Å². The van der Waals surface area contributed by atoms with E-state index in [4.69, 9.17) is 14.2 Å². The van der Waals surface area contributed by atoms with Crippen molar-refractivity contribution in [2.75, 3.05) is 38.2 Å². The van der Waals surface area contributed by atoms with Gasteiger partial charge in [0.05, 0.1) is 19.3 Å². The maximum atomic E-state index is 13.3. The number of amides is 1. The Kier molecular flexibility index (Phi) is 6.89. The minimum Gasteiger partial charge on any atom is -0.496 e. The molecule has 34 heavy (non-hydrogen) atoms. The number of aliphatic hydroxyl groups is 1. The van der Waals surface area contributed by atoms with E-state index >= 15 is 0 Å². The van der Waals surface area contributed by atoms with Gasteiger partial charge < -0.3 is 34.4 Å². The van der Waals surface area contributed by atoms with Gasteiger partial charge in [-0.2, -0.15) is 0 Å². The van der Waals surface area contributed by atoms with E-state index in [9.17, 15) is 9.90 Å². The fraction of sp³-hybridized carbons (Fsp3) is 0.500. The molecular formula is C26H33N3O5. The van der Waals surface area contributed by atoms with Crippen molar-refractivity contribution in [1.29, 1.82) is 0 Å². The number of fused-ring (bicyclic) bond motifs is 1. The summed E-state index contributed by atoms with van der Waals surface area (Å²) in [5.74, 6) is 1.23. The topological polar surface area (TPSA) is 83.5 Å². The molecule has 1 atom stereocenters. The monoisotopic (exact) mass is 467 g/mol. The van der Waals surface area contributed by atoms with Gasteiger partial charge >= 0.3 is 0 Å². The lowest BCUT2D eigenvalue weighted by Gasteiger charge is -2.44. The van der Waals surface area contributed by atoms with Crippen LogP contribution in [0.1, 0.15) is 41.6 Å². The third kappa shape index (κ3) is 4.71. The fourth-order valence-corrected chi connectivity index (χ4v) is 5.17. The number of methoxy groups -OCH3 is 1. The minimum atomic E-state index is -0.963. The number of nitrogens with zero attached hydrogens (tertiary/aromatic N) is 2. The number of benzene rings is 2. The summed E-state index contributed by atoms with van der Waals surface area (Å²) in [6, 6.07) is 13.6. The van der Waals surface area contributed by atoms with Gasteiger partial charge in [0.2, 0.25) is 6.41 Å². The number of hydrogen-bond donors (Lipinski definition) is 2. The first-order valence-electron chi connectivity index (χ1n) is 12.1. The molecule has 0 saturated carbocycles. The molecule has 3 aliphatic rings. The largest absolute Gasteiger partial charge is 0.496 e. The molecular weight excluding hydrogens is 434 g/mol. The van der Waals surface area contributed by atoms with Crippen molar-refractivity contribution < 1.29 is 24.1 Å². The third-order valence-corrected chi connectivity index (χ3v) is 7.03. The van der Waals surface area contributed by atoms with E-state index in [1.54, 1.807) is 7.11 Å². The third-order valence-electron chi connectivity index (χ3n) is 7.03. The van der Waals surface area contributed by atoms with E-state index in [0.717, 1.165) is 55.8 Å². The average Bonchev–Trinajstić information content (AvgIpc) is 2.89. The zero-order valence-electron chi connectivity index (χ0n) is 19.6. The van der Waals surface area contributed by atoms with E-state index in [1.807, 2.05) is 52.3 Å². The van der Waals surface area contributed by atoms with Gasteiger partial charge in [-0.1, -0.05) is 18.2 Å². The first kappa shape index (κ1) is 23.0. The first-order valence-corrected chi connectivity index (χ1v) is 12.1. The number of piperidine rings is 2. The number of aliphatic hydroxyl groups excluding tert-OH is 1. The Labute approximate surface area is 200 Å². The van der Waals surface area contributed by atoms with Crippen LogP contribution in [-0.2, 0) is 11.3 Å². The Balaban J connectivity index is 1.24. The van der Waals surface area contributed by atoms with E-state index in [2.05, 4.69) is 5.32 Å². The molecule has 2 aromatic carbocycles. The van der Waals surface area contributed by atoms with E-state index in [1.165, 1.54) is 0 Å². The Bertz CT molecular complexity index is 1000. The molecule has 2 saturated heterocycles. The highest BCUT2D eigenvalue weighted by molar-refractivity contribution is 5.97. The van der Waals surface area contributed by atoms with Gasteiger partial charge in [0.25, 0.3) is 5.91 Å². The van der Waals surface area contributed by atoms with Crippen LogP contribution in [0, 0.1) is 0 Å². The zero-order chi connectivity index (χ0) is 23.5. The van der Waals surface area contributed by atoms with E-state index < -0.39 is 6.41 Å². The molecule has 1 amide bonds. The number of nitrogens with one attached hydrogen (secondary N) is 1. The second-order valence-corrected chi connectivity index (χ2v) is 9.13. The average molecular weight is 468 g/mol. The molecule has 2 N–H and O–H groups in total. The van der Waals surface area contributed by atoms with E-state index in [0.29, 0.717) is 31.0 Å². The number of ether oxygens (including phenoxy) is 3. The van der Waals surface area contributed by atoms with Crippen molar-refractivity contribution in [3.05, 3.63) is 53.6 Å². The van der Waals surface area contributed by atoms with Crippen LogP contribution in [0.2, 0.25) is 0 Å². The number of hydrogen-bond acceptors (Lipinski definition) is 7. The Morgan fingerprint density at radius 3 is 2.62 bits per heavy atom. The molecule has 0 radical (unpaired) electrons. The molecule has 8 heteroatoms. The second kappa shape index (κ2) is 10.2. The SMILES string of the molecule is COc1cc(OC2CCNCC2)ccc1C(=O)N1CCC(N2c3ccccc3COC2O)CC1. The summed E-state index contributed by atoms with van der Waals surface area (Å²) in [7, 11) is 1.59. The Morgan fingerprint density at radius 2 is 1.85 bits per heavy atom. The molecule has 5 rings (SSSR count). The molecule has 0 spiro atoms. The highest BCUT2D eigenvalue weighted by Gasteiger charge is 2.35. The summed E-state index contributed by atoms with van der Waals surface area (Å²) in [4.78, 5) is 17.2. The maximum Gasteiger partial charge on any atom is 0.257 e. The lowest BCUT2D eigenvalue weighted by molar-refractivity contribution is -0.121. The van der Waals surface area contributed by atoms with Gasteiger partial charge in [0.1, 0.15) is 17.6 Å². The molecule has 182 valence electrons. The van der Waals surface area contributed by atoms with Crippen LogP contribution in [0.25, 0.3) is 0 Å². The van der Waals surface area contributed by atoms with Gasteiger partial charge in [0, 0.05) is 36.4 Å². The quantitative estimate of drug-likeness (QED) is 0.700. The van der Waals surface area contributed by atoms with Gasteiger partial charge in [-0.05, 0) is 57.0 Å². The standard InChI is InChI=1S/C26H33N3O5/c1-32-24-16-21(34-20-8-12-27-13-9-20)6-7-22(24)25(30)28-14-10-19(11-15-28)29-23-5-3-2-4-18(23)17-33-26(29)31/h2-7,16,19-20,26-27,31H,8-15,17H2,1H3. The van der Waals surface area contributed by atoms with Crippen LogP contribution in [0.4, 0.5) is 5.69 Å². The van der Waals surface area contributed by atoms with Crippen molar-refractivity contribution in [3.8, 4) is 11.5 Å². The number of carbonyl (C=O) groups excluding carboxylic acids is 1. The predicted molar refractivity (Wildman–Crippen MR) is 128 cm³/mol. The Morgan fingerprint density at radius 1 is 1.09 bits per heavy atom. The summed E-state index contributed by atoms with van der Waals surface area (Å²) in [6.45, 7) is 3.53. The molecule has 2 aromatic rings. The number of likely N-dealkylation sites (tertiary alicyclic amines) is 1. The van der Waals surface area contributed by atoms with Crippen molar-refractivity contribution in [1.82, 2.24) is 10.2 Å². The van der Waals surface area contributed by atoms with Gasteiger partial charge in [-0.25, -0.2) is 0 Å². The summed E-state index contributed by atoms with van der Waals surface area (Å²) in [6.07, 6.45) is 2.66. The van der Waals surface area contributed by atoms with Crippen LogP contribution >= 0.6 is 0 Å². The van der Waals surface area contributed by atoms with Crippen molar-refractivity contribution in [2.45, 2.75) is 50.8 Å². The van der Waals surface area contributed by atoms with Gasteiger partial charge in [-0.15, -0.1) is 0 Å². The smallest absolute Gasteiger partial charge is 0.257 e. The van der Waals surface area contributed by atoms with Crippen molar-refractivity contribution >= 4 is 11.6 Å². The normalized spacial score (nSPS) is 21.8. The highest BCUT2D eigenvalue weighted by Crippen LogP contribution is 2.34. The molecule has 8 nitrogen and oxygen atoms in total. The second-order valence-electron chi connectivity index (χ2n) is 9.13. The summed E-state index contributed by atoms with van der Waals surface area (Å²) in [5.41, 5.74) is 2.63. The summed E-state index contributed by atoms with van der Waals surface area (Å²) < 4.78 is 17.2. The molecule has 3 aliphatic heterocycles. The van der Waals surface area contributed by atoms with E-state index in [-0.39, 0.29) is 18.1 Å². The maximum absolute atomic E-state index is 13.3. The lowest BCUT2D eigenvalue weighted by Crippen LogP contribution is -2.52. The van der Waals surface area contributed by atoms with Crippen LogP contribution in [0.3, 0.4) is 0 Å². The Hall–Kier alpha value is -2.81. The minimum absolute atomic E-state index is 0.0421. The van der Waals surface area contributed by atoms with Crippen LogP contribution in [0.15, 0.2) is 42.5 Å². The number of anilines is 1. The lowest BCUT2D eigenvalue weighted by atomic mass is 9.99. The van der Waals surface area contributed by atoms with Crippen LogP contribution < -0.4 is 19.7 Å². The van der Waals surface area contributed by atoms with Crippen LogP contribution in [-0.4, -0.2) is 67.8 Å².